The molecule has 34 heavy (non-hydrogen) atoms. The Morgan fingerprint density at radius 1 is 1.06 bits per heavy atom. The maximum atomic E-state index is 14.0. The zero-order chi connectivity index (χ0) is 24.3. The van der Waals surface area contributed by atoms with Gasteiger partial charge in [-0.05, 0) is 24.1 Å². The molecule has 0 aliphatic carbocycles. The van der Waals surface area contributed by atoms with Crippen molar-refractivity contribution in [2.24, 2.45) is 7.05 Å². The van der Waals surface area contributed by atoms with Gasteiger partial charge in [0.25, 0.3) is 0 Å². The van der Waals surface area contributed by atoms with Crippen LogP contribution in [0.15, 0.2) is 61.4 Å². The van der Waals surface area contributed by atoms with E-state index in [1.54, 1.807) is 24.8 Å². The summed E-state index contributed by atoms with van der Waals surface area (Å²) in [5.41, 5.74) is 3.46. The Labute approximate surface area is 201 Å². The van der Waals surface area contributed by atoms with Crippen LogP contribution in [0.4, 0.5) is 21.8 Å². The summed E-state index contributed by atoms with van der Waals surface area (Å²) in [5.74, 6) is 0.347. The molecule has 1 aromatic carbocycles. The fraction of sp³-hybridized carbons (Fsp3) is 0.174. The van der Waals surface area contributed by atoms with Crippen molar-refractivity contribution in [2.45, 2.75) is 18.2 Å². The van der Waals surface area contributed by atoms with Crippen molar-refractivity contribution in [2.75, 3.05) is 10.6 Å². The Hall–Kier alpha value is -3.28. The van der Waals surface area contributed by atoms with E-state index in [0.29, 0.717) is 23.0 Å². The Kier molecular flexibility index (Phi) is 6.96. The van der Waals surface area contributed by atoms with Gasteiger partial charge in [-0.2, -0.15) is 4.39 Å². The second-order valence-electron chi connectivity index (χ2n) is 8.11. The van der Waals surface area contributed by atoms with Gasteiger partial charge in [0, 0.05) is 41.7 Å². The van der Waals surface area contributed by atoms with Gasteiger partial charge in [0.1, 0.15) is 0 Å². The average molecular weight is 495 g/mol. The van der Waals surface area contributed by atoms with E-state index in [2.05, 4.69) is 49.0 Å². The molecule has 174 valence electrons. The lowest BCUT2D eigenvalue weighted by Gasteiger charge is -2.19. The zero-order valence-electron chi connectivity index (χ0n) is 18.7. The van der Waals surface area contributed by atoms with Gasteiger partial charge in [0.05, 0.1) is 24.6 Å². The van der Waals surface area contributed by atoms with Gasteiger partial charge in [-0.3, -0.25) is 4.79 Å². The molecule has 0 fully saturated rings. The molecule has 0 bridgehead atoms. The molecule has 11 heteroatoms. The summed E-state index contributed by atoms with van der Waals surface area (Å²) >= 11 is 0. The van der Waals surface area contributed by atoms with Crippen molar-refractivity contribution in [3.05, 3.63) is 78.5 Å². The molecule has 0 radical (unpaired) electrons. The highest BCUT2D eigenvalue weighted by Gasteiger charge is 2.20. The molecule has 4 aromatic rings. The van der Waals surface area contributed by atoms with Crippen LogP contribution in [-0.4, -0.2) is 30.4 Å². The maximum Gasteiger partial charge on any atom is 0.228 e. The Bertz CT molecular complexity index is 1300. The average Bonchev–Trinajstić information content (AvgIpc) is 3.20. The van der Waals surface area contributed by atoms with Crippen LogP contribution in [0.2, 0.25) is 0 Å². The summed E-state index contributed by atoms with van der Waals surface area (Å²) < 4.78 is 15.8. The van der Waals surface area contributed by atoms with E-state index in [1.165, 1.54) is 6.20 Å². The fourth-order valence-corrected chi connectivity index (χ4v) is 3.64. The van der Waals surface area contributed by atoms with Crippen LogP contribution in [0, 0.1) is 5.95 Å². The minimum atomic E-state index is -0.579. The number of aryl methyl sites for hydroxylation is 1. The first-order valence-corrected chi connectivity index (χ1v) is 11.5. The number of hydrogen-bond acceptors (Lipinski definition) is 6. The molecule has 1 amide bonds. The summed E-state index contributed by atoms with van der Waals surface area (Å²) in [6.45, 7) is 1.82. The normalized spacial score (nSPS) is 11.3. The third kappa shape index (κ3) is 5.99. The number of halogens is 1. The van der Waals surface area contributed by atoms with Crippen LogP contribution >= 0.6 is 18.5 Å². The first-order valence-electron chi connectivity index (χ1n) is 10.4. The molecule has 3 heterocycles. The highest BCUT2D eigenvalue weighted by molar-refractivity contribution is 7.38. The van der Waals surface area contributed by atoms with Crippen molar-refractivity contribution in [3.8, 4) is 11.1 Å². The van der Waals surface area contributed by atoms with E-state index in [9.17, 15) is 9.18 Å². The van der Waals surface area contributed by atoms with Crippen molar-refractivity contribution < 1.29 is 9.18 Å². The molecule has 2 N–H and O–H groups in total. The Balaban J connectivity index is 1.37. The van der Waals surface area contributed by atoms with Crippen LogP contribution in [0.1, 0.15) is 18.1 Å². The van der Waals surface area contributed by atoms with Gasteiger partial charge in [-0.25, -0.2) is 19.9 Å². The van der Waals surface area contributed by atoms with Gasteiger partial charge < -0.3 is 15.2 Å². The van der Waals surface area contributed by atoms with Crippen LogP contribution in [0.5, 0.6) is 0 Å². The minimum absolute atomic E-state index is 0.176. The summed E-state index contributed by atoms with van der Waals surface area (Å²) in [5, 5.41) is 5.83. The molecule has 0 spiro atoms. The third-order valence-corrected chi connectivity index (χ3v) is 5.57. The number of hydrogen-bond donors (Lipinski definition) is 2. The molecule has 0 saturated carbocycles. The summed E-state index contributed by atoms with van der Waals surface area (Å²) in [6.07, 6.45) is 8.47. The number of imidazole rings is 1. The summed E-state index contributed by atoms with van der Waals surface area (Å²) in [4.78, 5) is 28.5. The van der Waals surface area contributed by atoms with Crippen molar-refractivity contribution in [3.63, 3.8) is 0 Å². The predicted octanol–water partition coefficient (Wildman–Crippen LogP) is 4.26. The van der Waals surface area contributed by atoms with Gasteiger partial charge in [0.2, 0.25) is 17.8 Å². The number of nitrogens with one attached hydrogen (secondary N) is 2. The first kappa shape index (κ1) is 23.9. The van der Waals surface area contributed by atoms with E-state index < -0.39 is 10.8 Å². The minimum Gasteiger partial charge on any atom is -0.338 e. The van der Waals surface area contributed by atoms with Crippen LogP contribution < -0.4 is 10.6 Å². The molecule has 0 saturated heterocycles. The molecular formula is C23H24FN7OP2. The number of carbonyl (C=O) groups excluding carboxylic acids is 1. The number of pyridine rings is 1. The van der Waals surface area contributed by atoms with Crippen molar-refractivity contribution >= 4 is 41.8 Å². The first-order chi connectivity index (χ1) is 16.2. The topological polar surface area (TPSA) is 97.6 Å². The van der Waals surface area contributed by atoms with Crippen molar-refractivity contribution in [1.29, 1.82) is 0 Å². The number of aromatic nitrogens is 5. The van der Waals surface area contributed by atoms with Gasteiger partial charge >= 0.3 is 0 Å². The van der Waals surface area contributed by atoms with E-state index >= 15 is 0 Å². The molecule has 2 atom stereocenters. The van der Waals surface area contributed by atoms with E-state index in [4.69, 9.17) is 0 Å². The predicted molar refractivity (Wildman–Crippen MR) is 137 cm³/mol. The van der Waals surface area contributed by atoms with Crippen LogP contribution in [0.25, 0.3) is 11.1 Å². The second kappa shape index (κ2) is 9.92. The highest BCUT2D eigenvalue weighted by atomic mass is 31.1. The number of amides is 1. The van der Waals surface area contributed by atoms with E-state index in [-0.39, 0.29) is 12.3 Å². The maximum absolute atomic E-state index is 14.0. The number of benzene rings is 1. The quantitative estimate of drug-likeness (QED) is 0.294. The molecule has 4 rings (SSSR count). The smallest absolute Gasteiger partial charge is 0.228 e. The molecule has 0 aliphatic heterocycles. The SMILES string of the molecule is Cn1cnc(Nc2ncc(-c3ccc(CC(=O)Nc4cnc(F)c(C(C)(P)P)c4)cc3)cn2)c1. The molecule has 8 nitrogen and oxygen atoms in total. The monoisotopic (exact) mass is 495 g/mol. The van der Waals surface area contributed by atoms with Crippen LogP contribution in [-0.2, 0) is 23.2 Å². The van der Waals surface area contributed by atoms with E-state index in [0.717, 1.165) is 16.7 Å². The fourth-order valence-electron chi connectivity index (χ4n) is 3.23. The number of nitrogens with zero attached hydrogens (tertiary/aromatic N) is 5. The van der Waals surface area contributed by atoms with Gasteiger partial charge in [-0.1, -0.05) is 24.3 Å². The summed E-state index contributed by atoms with van der Waals surface area (Å²) in [6, 6.07) is 9.19. The lowest BCUT2D eigenvalue weighted by Crippen LogP contribution is -2.16. The number of rotatable bonds is 7. The standard InChI is InChI=1S/C23H24FN7OP2/c1-23(33,34)18-8-17(11-25-21(18)24)29-20(32)7-14-3-5-15(6-4-14)16-9-26-22(27-10-16)30-19-12-31(2)13-28-19/h3-6,8-13H,7,33-34H2,1-2H3,(H,29,32)(H,26,27,30). The largest absolute Gasteiger partial charge is 0.338 e. The molecule has 3 aromatic heterocycles. The van der Waals surface area contributed by atoms with Gasteiger partial charge in [-0.15, -0.1) is 18.5 Å². The third-order valence-electron chi connectivity index (χ3n) is 4.95. The zero-order valence-corrected chi connectivity index (χ0v) is 21.0. The van der Waals surface area contributed by atoms with Crippen molar-refractivity contribution in [1.82, 2.24) is 24.5 Å². The molecule has 2 unspecified atom stereocenters. The lowest BCUT2D eigenvalue weighted by molar-refractivity contribution is -0.115. The Morgan fingerprint density at radius 3 is 2.38 bits per heavy atom. The second-order valence-corrected chi connectivity index (χ2v) is 11.2. The molecule has 0 aliphatic rings. The van der Waals surface area contributed by atoms with Crippen LogP contribution in [0.3, 0.4) is 0 Å². The number of carbonyl (C=O) groups is 1. The Morgan fingerprint density at radius 2 is 1.76 bits per heavy atom. The number of anilines is 3. The lowest BCUT2D eigenvalue weighted by atomic mass is 10.0. The summed E-state index contributed by atoms with van der Waals surface area (Å²) in [7, 11) is 6.97. The highest BCUT2D eigenvalue weighted by Crippen LogP contribution is 2.39. The van der Waals surface area contributed by atoms with Gasteiger partial charge in [0.15, 0.2) is 5.82 Å². The van der Waals surface area contributed by atoms with E-state index in [1.807, 2.05) is 49.0 Å². The molecular weight excluding hydrogens is 471 g/mol.